The molecule has 1 rings (SSSR count). The van der Waals surface area contributed by atoms with Crippen molar-refractivity contribution >= 4 is 27.3 Å². The molecule has 0 aliphatic rings. The summed E-state index contributed by atoms with van der Waals surface area (Å²) in [6.07, 6.45) is 0.701. The molecule has 0 saturated heterocycles. The summed E-state index contributed by atoms with van der Waals surface area (Å²) in [6, 6.07) is 1.36. The molecule has 6 nitrogen and oxygen atoms in total. The highest BCUT2D eigenvalue weighted by molar-refractivity contribution is 7.89. The van der Waals surface area contributed by atoms with Gasteiger partial charge in [-0.25, -0.2) is 13.2 Å². The third-order valence-electron chi connectivity index (χ3n) is 2.81. The molecule has 0 fully saturated rings. The lowest BCUT2D eigenvalue weighted by Crippen LogP contribution is -2.33. The molecule has 0 unspecified atom stereocenters. The molecule has 0 bridgehead atoms. The average molecular weight is 320 g/mol. The number of carboxylic acids is 1. The Hall–Kier alpha value is -0.960. The lowest BCUT2D eigenvalue weighted by Gasteiger charge is -2.21. The second kappa shape index (κ2) is 7.16. The fraction of sp³-hybridized carbons (Fsp3) is 0.583. The lowest BCUT2D eigenvalue weighted by atomic mass is 10.4. The summed E-state index contributed by atoms with van der Waals surface area (Å²) in [6.45, 7) is 3.23. The molecule has 0 aliphatic carbocycles. The Morgan fingerprint density at radius 1 is 1.35 bits per heavy atom. The maximum atomic E-state index is 12.5. The van der Waals surface area contributed by atoms with E-state index in [2.05, 4.69) is 0 Å². The van der Waals surface area contributed by atoms with E-state index in [4.69, 9.17) is 5.11 Å². The largest absolute Gasteiger partial charge is 0.477 e. The van der Waals surface area contributed by atoms with Gasteiger partial charge in [-0.05, 0) is 38.5 Å². The number of nitrogens with zero attached hydrogens (tertiary/aromatic N) is 2. The van der Waals surface area contributed by atoms with E-state index in [-0.39, 0.29) is 9.77 Å². The van der Waals surface area contributed by atoms with Crippen LogP contribution in [0.15, 0.2) is 16.3 Å². The maximum Gasteiger partial charge on any atom is 0.347 e. The van der Waals surface area contributed by atoms with Gasteiger partial charge in [0, 0.05) is 13.1 Å². The summed E-state index contributed by atoms with van der Waals surface area (Å²) in [5, 5.41) is 10.5. The summed E-state index contributed by atoms with van der Waals surface area (Å²) >= 11 is 0.928. The Balaban J connectivity index is 2.94. The zero-order chi connectivity index (χ0) is 15.3. The average Bonchev–Trinajstić information content (AvgIpc) is 2.83. The van der Waals surface area contributed by atoms with Crippen molar-refractivity contribution in [3.05, 3.63) is 16.3 Å². The van der Waals surface area contributed by atoms with E-state index < -0.39 is 16.0 Å². The van der Waals surface area contributed by atoms with E-state index in [0.717, 1.165) is 17.9 Å². The number of sulfonamides is 1. The van der Waals surface area contributed by atoms with E-state index in [9.17, 15) is 13.2 Å². The number of rotatable bonds is 8. The van der Waals surface area contributed by atoms with Gasteiger partial charge in [-0.1, -0.05) is 6.92 Å². The summed E-state index contributed by atoms with van der Waals surface area (Å²) in [4.78, 5) is 12.8. The van der Waals surface area contributed by atoms with Gasteiger partial charge >= 0.3 is 5.97 Å². The smallest absolute Gasteiger partial charge is 0.347 e. The first kappa shape index (κ1) is 17.1. The Kier molecular flexibility index (Phi) is 6.12. The molecule has 0 spiro atoms. The highest BCUT2D eigenvalue weighted by Gasteiger charge is 2.28. The molecule has 8 heteroatoms. The summed E-state index contributed by atoms with van der Waals surface area (Å²) < 4.78 is 26.3. The Bertz CT molecular complexity index is 552. The number of carbonyl (C=O) groups is 1. The molecule has 1 N–H and O–H groups in total. The minimum atomic E-state index is -3.74. The van der Waals surface area contributed by atoms with Gasteiger partial charge < -0.3 is 10.0 Å². The summed E-state index contributed by atoms with van der Waals surface area (Å²) in [7, 11) is 0.109. The molecule has 0 radical (unpaired) electrons. The van der Waals surface area contributed by atoms with E-state index >= 15 is 0 Å². The van der Waals surface area contributed by atoms with Crippen LogP contribution in [0, 0.1) is 0 Å². The topological polar surface area (TPSA) is 77.9 Å². The van der Waals surface area contributed by atoms with Crippen LogP contribution < -0.4 is 0 Å². The van der Waals surface area contributed by atoms with Crippen molar-refractivity contribution in [1.29, 1.82) is 0 Å². The fourth-order valence-electron chi connectivity index (χ4n) is 1.81. The van der Waals surface area contributed by atoms with Gasteiger partial charge in [0.25, 0.3) is 0 Å². The second-order valence-corrected chi connectivity index (χ2v) is 7.40. The van der Waals surface area contributed by atoms with Crippen molar-refractivity contribution in [2.24, 2.45) is 0 Å². The second-order valence-electron chi connectivity index (χ2n) is 4.57. The van der Waals surface area contributed by atoms with Crippen molar-refractivity contribution in [2.75, 3.05) is 33.7 Å². The lowest BCUT2D eigenvalue weighted by molar-refractivity contribution is 0.0698. The standard InChI is InChI=1S/C12H20N2O4S2/c1-4-14(8-5-7-13(2)3)20(17,18)10-6-9-19-11(10)12(15)16/h6,9H,4-5,7-8H2,1-3H3,(H,15,16). The van der Waals surface area contributed by atoms with Gasteiger partial charge in [0.2, 0.25) is 10.0 Å². The first-order chi connectivity index (χ1) is 9.30. The van der Waals surface area contributed by atoms with Gasteiger partial charge in [-0.2, -0.15) is 4.31 Å². The molecule has 1 heterocycles. The molecular weight excluding hydrogens is 300 g/mol. The third-order valence-corrected chi connectivity index (χ3v) is 5.85. The molecule has 1 aromatic heterocycles. The number of carboxylic acid groups (broad SMARTS) is 1. The van der Waals surface area contributed by atoms with Gasteiger partial charge in [0.15, 0.2) is 0 Å². The van der Waals surface area contributed by atoms with Crippen LogP contribution >= 0.6 is 11.3 Å². The molecule has 0 aliphatic heterocycles. The first-order valence-corrected chi connectivity index (χ1v) is 8.58. The van der Waals surface area contributed by atoms with Gasteiger partial charge in [0.1, 0.15) is 9.77 Å². The number of hydrogen-bond acceptors (Lipinski definition) is 5. The molecule has 0 amide bonds. The number of aromatic carboxylic acids is 1. The van der Waals surface area contributed by atoms with Crippen molar-refractivity contribution in [3.63, 3.8) is 0 Å². The minimum Gasteiger partial charge on any atom is -0.477 e. The molecule has 114 valence electrons. The van der Waals surface area contributed by atoms with Crippen LogP contribution in [0.5, 0.6) is 0 Å². The van der Waals surface area contributed by atoms with Crippen LogP contribution in [0.4, 0.5) is 0 Å². The molecular formula is C12H20N2O4S2. The number of hydrogen-bond donors (Lipinski definition) is 1. The quantitative estimate of drug-likeness (QED) is 0.783. The first-order valence-electron chi connectivity index (χ1n) is 6.26. The van der Waals surface area contributed by atoms with Crippen molar-refractivity contribution in [3.8, 4) is 0 Å². The summed E-state index contributed by atoms with van der Waals surface area (Å²) in [5.41, 5.74) is 0. The van der Waals surface area contributed by atoms with Crippen LogP contribution in [0.3, 0.4) is 0 Å². The normalized spacial score (nSPS) is 12.2. The van der Waals surface area contributed by atoms with Crippen LogP contribution in [-0.4, -0.2) is 62.4 Å². The zero-order valence-electron chi connectivity index (χ0n) is 11.9. The molecule has 0 saturated carbocycles. The Labute approximate surface area is 123 Å². The highest BCUT2D eigenvalue weighted by atomic mass is 32.2. The van der Waals surface area contributed by atoms with Crippen molar-refractivity contribution in [2.45, 2.75) is 18.2 Å². The van der Waals surface area contributed by atoms with Crippen LogP contribution in [0.25, 0.3) is 0 Å². The SMILES string of the molecule is CCN(CCCN(C)C)S(=O)(=O)c1ccsc1C(=O)O. The van der Waals surface area contributed by atoms with Crippen LogP contribution in [0.1, 0.15) is 23.0 Å². The monoisotopic (exact) mass is 320 g/mol. The van der Waals surface area contributed by atoms with E-state index in [1.54, 1.807) is 6.92 Å². The van der Waals surface area contributed by atoms with Gasteiger partial charge in [-0.3, -0.25) is 0 Å². The van der Waals surface area contributed by atoms with Crippen LogP contribution in [-0.2, 0) is 10.0 Å². The Morgan fingerprint density at radius 2 is 2.00 bits per heavy atom. The van der Waals surface area contributed by atoms with Gasteiger partial charge in [0.05, 0.1) is 0 Å². The minimum absolute atomic E-state index is 0.110. The van der Waals surface area contributed by atoms with E-state index in [0.29, 0.717) is 19.5 Å². The Morgan fingerprint density at radius 3 is 2.50 bits per heavy atom. The van der Waals surface area contributed by atoms with E-state index in [1.165, 1.54) is 15.8 Å². The highest BCUT2D eigenvalue weighted by Crippen LogP contribution is 2.25. The zero-order valence-corrected chi connectivity index (χ0v) is 13.5. The van der Waals surface area contributed by atoms with Crippen LogP contribution in [0.2, 0.25) is 0 Å². The predicted molar refractivity (Wildman–Crippen MR) is 78.9 cm³/mol. The fourth-order valence-corrected chi connectivity index (χ4v) is 4.53. The molecule has 1 aromatic rings. The molecule has 20 heavy (non-hydrogen) atoms. The van der Waals surface area contributed by atoms with Crippen molar-refractivity contribution in [1.82, 2.24) is 9.21 Å². The molecule has 0 aromatic carbocycles. The third kappa shape index (κ3) is 4.02. The van der Waals surface area contributed by atoms with Crippen molar-refractivity contribution < 1.29 is 18.3 Å². The number of thiophene rings is 1. The van der Waals surface area contributed by atoms with Gasteiger partial charge in [-0.15, -0.1) is 11.3 Å². The van der Waals surface area contributed by atoms with E-state index in [1.807, 2.05) is 19.0 Å². The maximum absolute atomic E-state index is 12.5. The predicted octanol–water partition coefficient (Wildman–Crippen LogP) is 1.41. The summed E-state index contributed by atoms with van der Waals surface area (Å²) in [5.74, 6) is -1.21. The molecule has 0 atom stereocenters.